The summed E-state index contributed by atoms with van der Waals surface area (Å²) in [7, 11) is -4.05. The van der Waals surface area contributed by atoms with Gasteiger partial charge >= 0.3 is 19.5 Å². The second-order valence-corrected chi connectivity index (χ2v) is 15.0. The Balaban J connectivity index is 4.33. The number of nitrogens with one attached hydrogen (secondary N) is 1. The number of nitrogens with two attached hydrogens (primary N) is 1. The first-order valence-corrected chi connectivity index (χ1v) is 21.3. The molecule has 0 rings (SSSR count). The minimum absolute atomic E-state index is 0.0167. The van der Waals surface area contributed by atoms with E-state index in [1.54, 1.807) is 0 Å². The van der Waals surface area contributed by atoms with Crippen molar-refractivity contribution in [1.29, 1.82) is 0 Å². The normalized spacial score (nSPS) is 12.8. The van der Waals surface area contributed by atoms with Gasteiger partial charge in [-0.15, -0.1) is 0 Å². The van der Waals surface area contributed by atoms with Gasteiger partial charge in [0, 0.05) is 30.9 Å². The first-order chi connectivity index (χ1) is 23.6. The Kier molecular flexibility index (Phi) is 33.0. The summed E-state index contributed by atoms with van der Waals surface area (Å²) in [6.07, 6.45) is 15.2. The number of ether oxygens (including phenoxy) is 5. The lowest BCUT2D eigenvalue weighted by atomic mass is 10.1. The molecule has 0 radical (unpaired) electrons. The Bertz CT molecular complexity index is 866. The van der Waals surface area contributed by atoms with Crippen LogP contribution in [0.3, 0.4) is 0 Å². The van der Waals surface area contributed by atoms with Gasteiger partial charge in [-0.2, -0.15) is 11.8 Å². The van der Waals surface area contributed by atoms with E-state index in [1.165, 1.54) is 63.1 Å². The fourth-order valence-electron chi connectivity index (χ4n) is 4.58. The predicted octanol–water partition coefficient (Wildman–Crippen LogP) is 5.13. The quantitative estimate of drug-likeness (QED) is 0.0376. The summed E-state index contributed by atoms with van der Waals surface area (Å²) in [4.78, 5) is 54.8. The third-order valence-electron chi connectivity index (χ3n) is 7.45. The van der Waals surface area contributed by atoms with Crippen LogP contribution in [0.4, 0.5) is 0 Å². The zero-order chi connectivity index (χ0) is 36.4. The van der Waals surface area contributed by atoms with Gasteiger partial charge in [-0.1, -0.05) is 90.9 Å². The molecule has 0 aromatic carbocycles. The Morgan fingerprint density at radius 1 is 0.694 bits per heavy atom. The molecule has 0 aromatic heterocycles. The molecule has 2 atom stereocenters. The zero-order valence-corrected chi connectivity index (χ0v) is 32.0. The van der Waals surface area contributed by atoms with Gasteiger partial charge in [0.15, 0.2) is 0 Å². The number of carbonyl (C=O) groups excluding carboxylic acids is 3. The van der Waals surface area contributed by atoms with Gasteiger partial charge in [0.2, 0.25) is 5.91 Å². The fraction of sp³-hybridized carbons (Fsp3) is 0.912. The van der Waals surface area contributed by atoms with Crippen LogP contribution in [0.2, 0.25) is 0 Å². The van der Waals surface area contributed by atoms with E-state index in [0.29, 0.717) is 37.6 Å². The molecule has 1 amide bonds. The minimum atomic E-state index is -4.05. The van der Waals surface area contributed by atoms with E-state index < -0.39 is 19.7 Å². The number of esters is 2. The van der Waals surface area contributed by atoms with Gasteiger partial charge in [-0.25, -0.2) is 0 Å². The van der Waals surface area contributed by atoms with Crippen LogP contribution < -0.4 is 11.1 Å². The van der Waals surface area contributed by atoms with Crippen LogP contribution in [-0.4, -0.2) is 110 Å². The van der Waals surface area contributed by atoms with Crippen LogP contribution in [-0.2, 0) is 42.6 Å². The summed E-state index contributed by atoms with van der Waals surface area (Å²) >= 11 is 1.37. The van der Waals surface area contributed by atoms with Gasteiger partial charge in [-0.3, -0.25) is 18.9 Å². The molecule has 0 aliphatic carbocycles. The topological polar surface area (TPSA) is 193 Å². The lowest BCUT2D eigenvalue weighted by molar-refractivity contribution is -0.157. The summed E-state index contributed by atoms with van der Waals surface area (Å²) in [5.74, 6) is -0.267. The largest absolute Gasteiger partial charge is 0.462 e. The Hall–Kier alpha value is -1.25. The third kappa shape index (κ3) is 35.0. The maximum absolute atomic E-state index is 12.6. The summed E-state index contributed by atoms with van der Waals surface area (Å²) in [6.45, 7) is 5.98. The lowest BCUT2D eigenvalue weighted by Crippen LogP contribution is -2.43. The van der Waals surface area contributed by atoms with Crippen molar-refractivity contribution in [2.75, 3.05) is 70.5 Å². The second kappa shape index (κ2) is 33.9. The van der Waals surface area contributed by atoms with Gasteiger partial charge in [0.05, 0.1) is 51.8 Å². The molecule has 0 fully saturated rings. The molecule has 0 heterocycles. The first-order valence-electron chi connectivity index (χ1n) is 18.3. The fourth-order valence-corrected chi connectivity index (χ4v) is 5.91. The maximum atomic E-state index is 12.6. The Morgan fingerprint density at radius 3 is 1.73 bits per heavy atom. The average molecular weight is 743 g/mol. The molecule has 0 aliphatic rings. The van der Waals surface area contributed by atoms with Crippen molar-refractivity contribution < 1.29 is 52.4 Å². The van der Waals surface area contributed by atoms with Gasteiger partial charge in [-0.05, 0) is 12.8 Å². The highest BCUT2D eigenvalue weighted by atomic mass is 32.2. The Labute approximate surface area is 299 Å². The van der Waals surface area contributed by atoms with Gasteiger partial charge in [0.25, 0.3) is 0 Å². The summed E-state index contributed by atoms with van der Waals surface area (Å²) in [6, 6.07) is -0.775. The van der Waals surface area contributed by atoms with Crippen LogP contribution in [0.25, 0.3) is 0 Å². The van der Waals surface area contributed by atoms with Crippen LogP contribution in [0.15, 0.2) is 0 Å². The van der Waals surface area contributed by atoms with Crippen molar-refractivity contribution in [3.63, 3.8) is 0 Å². The third-order valence-corrected chi connectivity index (χ3v) is 9.42. The molecule has 13 nitrogen and oxygen atoms in total. The van der Waals surface area contributed by atoms with Crippen molar-refractivity contribution in [3.05, 3.63) is 0 Å². The monoisotopic (exact) mass is 742 g/mol. The standard InChI is InChI=1S/C34H67N2O11PS/c1-3-5-7-9-11-13-15-17-32(37)46-27-30(47-33(38)18-16-14-12-10-8-6-4-2)28-49-29-31(35)34(39)36-19-20-43-21-22-44-23-24-45-25-26-48(40,41)42/h30-31H,3-29,35H2,1-2H3,(H,36,39)(H2,40,41,42)/t30-,31+/m1/s1. The molecular formula is C34H67N2O11PS. The van der Waals surface area contributed by atoms with E-state index in [1.807, 2.05) is 0 Å². The van der Waals surface area contributed by atoms with Crippen LogP contribution in [0.1, 0.15) is 117 Å². The molecule has 5 N–H and O–H groups in total. The molecular weight excluding hydrogens is 675 g/mol. The van der Waals surface area contributed by atoms with Crippen LogP contribution >= 0.6 is 19.4 Å². The molecule has 0 bridgehead atoms. The van der Waals surface area contributed by atoms with Gasteiger partial charge in [0.1, 0.15) is 12.7 Å². The van der Waals surface area contributed by atoms with E-state index >= 15 is 0 Å². The number of carbonyl (C=O) groups is 3. The highest BCUT2D eigenvalue weighted by Crippen LogP contribution is 2.33. The number of amides is 1. The van der Waals surface area contributed by atoms with Crippen molar-refractivity contribution in [1.82, 2.24) is 5.32 Å². The second-order valence-electron chi connectivity index (χ2n) is 12.2. The van der Waals surface area contributed by atoms with Crippen LogP contribution in [0, 0.1) is 0 Å². The average Bonchev–Trinajstić information content (AvgIpc) is 3.06. The molecule has 0 aromatic rings. The van der Waals surface area contributed by atoms with Crippen molar-refractivity contribution in [3.8, 4) is 0 Å². The first kappa shape index (κ1) is 47.8. The highest BCUT2D eigenvalue weighted by molar-refractivity contribution is 7.99. The molecule has 0 spiro atoms. The number of unbranched alkanes of at least 4 members (excludes halogenated alkanes) is 12. The van der Waals surface area contributed by atoms with Crippen molar-refractivity contribution in [2.45, 2.75) is 129 Å². The summed E-state index contributed by atoms with van der Waals surface area (Å²) < 4.78 is 37.7. The molecule has 49 heavy (non-hydrogen) atoms. The van der Waals surface area contributed by atoms with E-state index in [9.17, 15) is 18.9 Å². The number of hydrogen-bond acceptors (Lipinski definition) is 11. The smallest absolute Gasteiger partial charge is 0.327 e. The zero-order valence-electron chi connectivity index (χ0n) is 30.2. The summed E-state index contributed by atoms with van der Waals surface area (Å²) in [5, 5.41) is 2.73. The molecule has 0 aliphatic heterocycles. The molecule has 0 saturated heterocycles. The van der Waals surface area contributed by atoms with E-state index in [4.69, 9.17) is 39.2 Å². The number of thioether (sulfide) groups is 1. The maximum Gasteiger partial charge on any atom is 0.327 e. The molecule has 0 unspecified atom stereocenters. The predicted molar refractivity (Wildman–Crippen MR) is 194 cm³/mol. The van der Waals surface area contributed by atoms with Crippen LogP contribution in [0.5, 0.6) is 0 Å². The van der Waals surface area contributed by atoms with Gasteiger partial charge < -0.3 is 44.5 Å². The molecule has 0 saturated carbocycles. The van der Waals surface area contributed by atoms with Crippen molar-refractivity contribution >= 4 is 37.2 Å². The summed E-state index contributed by atoms with van der Waals surface area (Å²) in [5.41, 5.74) is 6.07. The molecule has 15 heteroatoms. The van der Waals surface area contributed by atoms with E-state index in [-0.39, 0.29) is 63.6 Å². The lowest BCUT2D eigenvalue weighted by Gasteiger charge is -2.19. The van der Waals surface area contributed by atoms with Crippen molar-refractivity contribution in [2.24, 2.45) is 5.73 Å². The minimum Gasteiger partial charge on any atom is -0.462 e. The SMILES string of the molecule is CCCCCCCCCC(=O)OC[C@H](CSC[C@H](N)C(=O)NCCOCCOCCOCCP(=O)(O)O)OC(=O)CCCCCCCCC. The molecule has 290 valence electrons. The Morgan fingerprint density at radius 2 is 1.18 bits per heavy atom. The number of hydrogen-bond donors (Lipinski definition) is 4. The highest BCUT2D eigenvalue weighted by Gasteiger charge is 2.20. The number of rotatable bonds is 36. The van der Waals surface area contributed by atoms with E-state index in [0.717, 1.165) is 38.5 Å². The van der Waals surface area contributed by atoms with E-state index in [2.05, 4.69) is 19.2 Å².